The third-order valence-corrected chi connectivity index (χ3v) is 7.75. The van der Waals surface area contributed by atoms with Crippen molar-refractivity contribution in [2.45, 2.75) is 11.3 Å². The lowest BCUT2D eigenvalue weighted by molar-refractivity contribution is -0.124. The van der Waals surface area contributed by atoms with Crippen molar-refractivity contribution in [3.63, 3.8) is 0 Å². The van der Waals surface area contributed by atoms with Crippen molar-refractivity contribution in [3.8, 4) is 0 Å². The molecule has 2 amide bonds. The predicted molar refractivity (Wildman–Crippen MR) is 119 cm³/mol. The van der Waals surface area contributed by atoms with E-state index in [0.717, 1.165) is 22.3 Å². The lowest BCUT2D eigenvalue weighted by Gasteiger charge is -2.53. The number of hydrogen-bond donors (Lipinski definition) is 1. The summed E-state index contributed by atoms with van der Waals surface area (Å²) in [6.07, 6.45) is 0. The van der Waals surface area contributed by atoms with Crippen molar-refractivity contribution in [1.82, 2.24) is 0 Å². The number of aliphatic hydroxyl groups excluding tert-OH is 1. The normalized spacial score (nSPS) is 27.8. The standard InChI is InChI=1S/C25H17Cl2NO3/c26-13-9-10-18(27)19(11-13)28-23(30)21-20-14-5-1-3-7-16(14)25(12-29,22(21)24(28)31)17-8-4-2-6-15(17)20/h1-11,20-22,29H,12H2/t20?,21-,22+,25?/m0/s1. The highest BCUT2D eigenvalue weighted by molar-refractivity contribution is 6.38. The number of halogens is 2. The summed E-state index contributed by atoms with van der Waals surface area (Å²) in [5.74, 6) is -2.23. The molecule has 4 aliphatic rings. The molecule has 1 N–H and O–H groups in total. The zero-order valence-electron chi connectivity index (χ0n) is 16.3. The summed E-state index contributed by atoms with van der Waals surface area (Å²) in [5, 5.41) is 11.5. The Balaban J connectivity index is 1.65. The van der Waals surface area contributed by atoms with Crippen LogP contribution < -0.4 is 4.90 Å². The van der Waals surface area contributed by atoms with Crippen molar-refractivity contribution in [1.29, 1.82) is 0 Å². The molecule has 7 rings (SSSR count). The lowest BCUT2D eigenvalue weighted by atomic mass is 9.47. The molecule has 1 heterocycles. The fourth-order valence-electron chi connectivity index (χ4n) is 6.09. The smallest absolute Gasteiger partial charge is 0.239 e. The molecule has 2 bridgehead atoms. The summed E-state index contributed by atoms with van der Waals surface area (Å²) in [6.45, 7) is -0.273. The van der Waals surface area contributed by atoms with Crippen LogP contribution in [0.2, 0.25) is 10.0 Å². The fourth-order valence-corrected chi connectivity index (χ4v) is 6.46. The minimum Gasteiger partial charge on any atom is -0.395 e. The zero-order valence-corrected chi connectivity index (χ0v) is 17.8. The summed E-state index contributed by atoms with van der Waals surface area (Å²) in [7, 11) is 0. The Morgan fingerprint density at radius 2 is 1.48 bits per heavy atom. The molecule has 2 atom stereocenters. The van der Waals surface area contributed by atoms with Crippen LogP contribution in [0, 0.1) is 11.8 Å². The number of carbonyl (C=O) groups is 2. The Kier molecular flexibility index (Phi) is 3.95. The molecule has 0 radical (unpaired) electrons. The summed E-state index contributed by atoms with van der Waals surface area (Å²) in [6, 6.07) is 20.4. The molecule has 4 nitrogen and oxygen atoms in total. The number of rotatable bonds is 2. The second kappa shape index (κ2) is 6.42. The molecule has 31 heavy (non-hydrogen) atoms. The van der Waals surface area contributed by atoms with Crippen molar-refractivity contribution >= 4 is 40.7 Å². The summed E-state index contributed by atoms with van der Waals surface area (Å²) in [5.41, 5.74) is 3.14. The Bertz CT molecular complexity index is 1240. The van der Waals surface area contributed by atoms with E-state index in [1.807, 2.05) is 48.5 Å². The second-order valence-corrected chi connectivity index (χ2v) is 9.24. The van der Waals surface area contributed by atoms with Crippen LogP contribution >= 0.6 is 23.2 Å². The van der Waals surface area contributed by atoms with Gasteiger partial charge in [0.2, 0.25) is 11.8 Å². The molecular formula is C25H17Cl2NO3. The minimum absolute atomic E-state index is 0.259. The van der Waals surface area contributed by atoms with Gasteiger partial charge in [0, 0.05) is 10.9 Å². The van der Waals surface area contributed by atoms with Crippen molar-refractivity contribution in [2.75, 3.05) is 11.5 Å². The SMILES string of the molecule is O=C1[C@H]2C3c4ccccc4C(CO)(c4ccccc43)[C@H]2C(=O)N1c1cc(Cl)ccc1Cl. The molecule has 0 aromatic heterocycles. The second-order valence-electron chi connectivity index (χ2n) is 8.39. The van der Waals surface area contributed by atoms with Crippen LogP contribution in [0.5, 0.6) is 0 Å². The highest BCUT2D eigenvalue weighted by atomic mass is 35.5. The van der Waals surface area contributed by atoms with Gasteiger partial charge in [-0.25, -0.2) is 4.90 Å². The van der Waals surface area contributed by atoms with Crippen LogP contribution in [0.4, 0.5) is 5.69 Å². The van der Waals surface area contributed by atoms with Crippen LogP contribution in [0.15, 0.2) is 66.7 Å². The van der Waals surface area contributed by atoms with E-state index < -0.39 is 17.3 Å². The average Bonchev–Trinajstić information content (AvgIpc) is 3.06. The predicted octanol–water partition coefficient (Wildman–Crippen LogP) is 4.54. The first-order valence-corrected chi connectivity index (χ1v) is 10.9. The number of nitrogens with zero attached hydrogens (tertiary/aromatic N) is 1. The highest BCUT2D eigenvalue weighted by Gasteiger charge is 2.68. The van der Waals surface area contributed by atoms with Crippen LogP contribution in [0.1, 0.15) is 28.2 Å². The summed E-state index contributed by atoms with van der Waals surface area (Å²) in [4.78, 5) is 28.9. The molecular weight excluding hydrogens is 433 g/mol. The zero-order chi connectivity index (χ0) is 21.5. The number of amides is 2. The van der Waals surface area contributed by atoms with E-state index in [9.17, 15) is 14.7 Å². The Labute approximate surface area is 189 Å². The number of aliphatic hydroxyl groups is 1. The Hall–Kier alpha value is -2.66. The van der Waals surface area contributed by atoms with Crippen molar-refractivity contribution in [2.24, 2.45) is 11.8 Å². The molecule has 1 aliphatic heterocycles. The maximum Gasteiger partial charge on any atom is 0.239 e. The van der Waals surface area contributed by atoms with Gasteiger partial charge in [-0.1, -0.05) is 71.7 Å². The van der Waals surface area contributed by atoms with E-state index in [1.165, 1.54) is 4.90 Å². The van der Waals surface area contributed by atoms with Gasteiger partial charge in [-0.15, -0.1) is 0 Å². The first-order chi connectivity index (χ1) is 15.0. The van der Waals surface area contributed by atoms with Crippen LogP contribution in [0.3, 0.4) is 0 Å². The number of imide groups is 1. The van der Waals surface area contributed by atoms with Gasteiger partial charge in [-0.05, 0) is 40.5 Å². The van der Waals surface area contributed by atoms with Crippen LogP contribution in [-0.2, 0) is 15.0 Å². The molecule has 3 aliphatic carbocycles. The van der Waals surface area contributed by atoms with Crippen molar-refractivity contribution in [3.05, 3.63) is 99.0 Å². The summed E-state index contributed by atoms with van der Waals surface area (Å²) < 4.78 is 0. The Morgan fingerprint density at radius 3 is 2.10 bits per heavy atom. The molecule has 0 unspecified atom stereocenters. The minimum atomic E-state index is -0.987. The van der Waals surface area contributed by atoms with Gasteiger partial charge < -0.3 is 5.11 Å². The lowest BCUT2D eigenvalue weighted by Crippen LogP contribution is -2.55. The molecule has 1 fully saturated rings. The van der Waals surface area contributed by atoms with Gasteiger partial charge >= 0.3 is 0 Å². The van der Waals surface area contributed by atoms with Gasteiger partial charge in [-0.3, -0.25) is 9.59 Å². The number of benzene rings is 3. The first-order valence-electron chi connectivity index (χ1n) is 10.1. The maximum absolute atomic E-state index is 13.9. The molecule has 0 saturated carbocycles. The van der Waals surface area contributed by atoms with E-state index in [-0.39, 0.29) is 29.4 Å². The van der Waals surface area contributed by atoms with Gasteiger partial charge in [0.25, 0.3) is 0 Å². The quantitative estimate of drug-likeness (QED) is 0.584. The van der Waals surface area contributed by atoms with Crippen LogP contribution in [-0.4, -0.2) is 23.5 Å². The highest BCUT2D eigenvalue weighted by Crippen LogP contribution is 2.64. The van der Waals surface area contributed by atoms with Gasteiger partial charge in [0.05, 0.1) is 34.6 Å². The van der Waals surface area contributed by atoms with E-state index >= 15 is 0 Å². The molecule has 3 aromatic rings. The molecule has 154 valence electrons. The number of hydrogen-bond acceptors (Lipinski definition) is 3. The maximum atomic E-state index is 13.9. The largest absolute Gasteiger partial charge is 0.395 e. The first kappa shape index (κ1) is 19.1. The third kappa shape index (κ3) is 2.20. The molecule has 0 spiro atoms. The van der Waals surface area contributed by atoms with E-state index in [4.69, 9.17) is 23.2 Å². The number of anilines is 1. The summed E-state index contributed by atoms with van der Waals surface area (Å²) >= 11 is 12.6. The third-order valence-electron chi connectivity index (χ3n) is 7.19. The number of carbonyl (C=O) groups excluding carboxylic acids is 2. The van der Waals surface area contributed by atoms with Gasteiger partial charge in [-0.2, -0.15) is 0 Å². The topological polar surface area (TPSA) is 57.6 Å². The monoisotopic (exact) mass is 449 g/mol. The van der Waals surface area contributed by atoms with E-state index in [2.05, 4.69) is 0 Å². The van der Waals surface area contributed by atoms with E-state index in [0.29, 0.717) is 10.7 Å². The average molecular weight is 450 g/mol. The van der Waals surface area contributed by atoms with Crippen molar-refractivity contribution < 1.29 is 14.7 Å². The van der Waals surface area contributed by atoms with Gasteiger partial charge in [0.1, 0.15) is 0 Å². The molecule has 6 heteroatoms. The van der Waals surface area contributed by atoms with E-state index in [1.54, 1.807) is 18.2 Å². The molecule has 1 saturated heterocycles. The Morgan fingerprint density at radius 1 is 0.871 bits per heavy atom. The van der Waals surface area contributed by atoms with Crippen LogP contribution in [0.25, 0.3) is 0 Å². The fraction of sp³-hybridized carbons (Fsp3) is 0.200. The van der Waals surface area contributed by atoms with Gasteiger partial charge in [0.15, 0.2) is 0 Å². The molecule has 3 aromatic carbocycles.